The lowest BCUT2D eigenvalue weighted by atomic mass is 9.60. The minimum atomic E-state index is 0.398. The average molecular weight is 344 g/mol. The van der Waals surface area contributed by atoms with Crippen molar-refractivity contribution in [1.29, 1.82) is 0 Å². The van der Waals surface area contributed by atoms with Crippen LogP contribution in [0.2, 0.25) is 0 Å². The van der Waals surface area contributed by atoms with Crippen LogP contribution in [0.15, 0.2) is 12.4 Å². The van der Waals surface area contributed by atoms with Gasteiger partial charge in [0, 0.05) is 57.3 Å². The summed E-state index contributed by atoms with van der Waals surface area (Å²) in [4.78, 5) is 16.8. The molecule has 3 aliphatic rings. The molecule has 0 unspecified atom stereocenters. The molecule has 0 amide bonds. The van der Waals surface area contributed by atoms with E-state index in [4.69, 9.17) is 0 Å². The molecule has 1 aromatic rings. The predicted molar refractivity (Wildman–Crippen MR) is 102 cm³/mol. The number of likely N-dealkylation sites (tertiary alicyclic amines) is 1. The van der Waals surface area contributed by atoms with Gasteiger partial charge in [0.1, 0.15) is 5.82 Å². The first-order valence-corrected chi connectivity index (χ1v) is 10.0. The number of aromatic nitrogens is 2. The summed E-state index contributed by atoms with van der Waals surface area (Å²) in [7, 11) is 0. The molecule has 0 atom stereocenters. The minimum Gasteiger partial charge on any atom is -0.366 e. The first-order chi connectivity index (χ1) is 12.0. The van der Waals surface area contributed by atoms with E-state index in [1.165, 1.54) is 44.7 Å². The second-order valence-electron chi connectivity index (χ2n) is 9.04. The van der Waals surface area contributed by atoms with Crippen LogP contribution in [0.25, 0.3) is 0 Å². The lowest BCUT2D eigenvalue weighted by Gasteiger charge is -2.62. The minimum absolute atomic E-state index is 0.398. The molecule has 1 aliphatic carbocycles. The Hall–Kier alpha value is -1.20. The van der Waals surface area contributed by atoms with E-state index in [9.17, 15) is 0 Å². The Labute approximate surface area is 152 Å². The van der Waals surface area contributed by atoms with Gasteiger partial charge in [-0.05, 0) is 32.1 Å². The van der Waals surface area contributed by atoms with Crippen LogP contribution in [-0.2, 0) is 0 Å². The predicted octanol–water partition coefficient (Wildman–Crippen LogP) is 2.59. The fourth-order valence-electron chi connectivity index (χ4n) is 4.77. The fraction of sp³-hybridized carbons (Fsp3) is 0.800. The van der Waals surface area contributed by atoms with Crippen LogP contribution in [0.4, 0.5) is 5.69 Å². The van der Waals surface area contributed by atoms with E-state index in [0.717, 1.165) is 31.0 Å². The Bertz CT molecular complexity index is 575. The normalized spacial score (nSPS) is 24.8. The lowest BCUT2D eigenvalue weighted by molar-refractivity contribution is -0.120. The first kappa shape index (κ1) is 17.2. The molecule has 5 nitrogen and oxygen atoms in total. The van der Waals surface area contributed by atoms with Gasteiger partial charge in [-0.25, -0.2) is 9.97 Å². The van der Waals surface area contributed by atoms with Crippen LogP contribution in [0.3, 0.4) is 0 Å². The molecule has 2 saturated heterocycles. The van der Waals surface area contributed by atoms with E-state index in [1.807, 2.05) is 12.4 Å². The largest absolute Gasteiger partial charge is 0.366 e. The smallest absolute Gasteiger partial charge is 0.130 e. The van der Waals surface area contributed by atoms with Gasteiger partial charge in [-0.1, -0.05) is 13.8 Å². The van der Waals surface area contributed by atoms with Gasteiger partial charge in [-0.15, -0.1) is 0 Å². The van der Waals surface area contributed by atoms with Crippen LogP contribution >= 0.6 is 0 Å². The molecule has 2 aliphatic heterocycles. The zero-order valence-electron chi connectivity index (χ0n) is 16.3. The van der Waals surface area contributed by atoms with Gasteiger partial charge in [0.05, 0.1) is 18.1 Å². The summed E-state index contributed by atoms with van der Waals surface area (Å²) < 4.78 is 0. The summed E-state index contributed by atoms with van der Waals surface area (Å²) in [6.07, 6.45) is 6.85. The Morgan fingerprint density at radius 3 is 2.08 bits per heavy atom. The summed E-state index contributed by atoms with van der Waals surface area (Å²) >= 11 is 0. The zero-order valence-corrected chi connectivity index (χ0v) is 16.3. The molecular formula is C20H33N5. The second-order valence-corrected chi connectivity index (χ2v) is 9.04. The molecule has 3 heterocycles. The Morgan fingerprint density at radius 1 is 0.960 bits per heavy atom. The Morgan fingerprint density at radius 2 is 1.56 bits per heavy atom. The van der Waals surface area contributed by atoms with E-state index in [2.05, 4.69) is 52.4 Å². The van der Waals surface area contributed by atoms with Gasteiger partial charge in [-0.2, -0.15) is 0 Å². The fourth-order valence-corrected chi connectivity index (χ4v) is 4.77. The number of nitrogens with zero attached hydrogens (tertiary/aromatic N) is 5. The van der Waals surface area contributed by atoms with E-state index < -0.39 is 0 Å². The van der Waals surface area contributed by atoms with Gasteiger partial charge in [0.2, 0.25) is 0 Å². The molecule has 1 saturated carbocycles. The SMILES string of the molecule is CC(C)c1ncc(N2CCN(C3CC4(C3)CN(C(C)C)C4)CC2)cn1. The maximum Gasteiger partial charge on any atom is 0.130 e. The van der Waals surface area contributed by atoms with Gasteiger partial charge in [0.15, 0.2) is 0 Å². The molecule has 1 spiro atoms. The van der Waals surface area contributed by atoms with Crippen molar-refractivity contribution >= 4 is 5.69 Å². The van der Waals surface area contributed by atoms with Crippen molar-refractivity contribution in [2.24, 2.45) is 5.41 Å². The maximum atomic E-state index is 4.52. The van der Waals surface area contributed by atoms with Crippen molar-refractivity contribution in [1.82, 2.24) is 19.8 Å². The Balaban J connectivity index is 1.24. The molecule has 0 N–H and O–H groups in total. The van der Waals surface area contributed by atoms with Crippen molar-refractivity contribution in [3.8, 4) is 0 Å². The van der Waals surface area contributed by atoms with E-state index in [-0.39, 0.29) is 0 Å². The average Bonchev–Trinajstić information content (AvgIpc) is 2.52. The highest BCUT2D eigenvalue weighted by molar-refractivity contribution is 5.42. The molecule has 4 rings (SSSR count). The van der Waals surface area contributed by atoms with Crippen LogP contribution in [0.5, 0.6) is 0 Å². The van der Waals surface area contributed by atoms with Crippen LogP contribution < -0.4 is 4.90 Å². The molecule has 3 fully saturated rings. The summed E-state index contributed by atoms with van der Waals surface area (Å²) in [6, 6.07) is 1.55. The zero-order chi connectivity index (χ0) is 17.6. The van der Waals surface area contributed by atoms with Crippen LogP contribution in [-0.4, -0.2) is 71.1 Å². The standard InChI is InChI=1S/C20H33N5/c1-15(2)19-21-11-18(12-22-19)24-7-5-23(6-8-24)17-9-20(10-17)13-25(14-20)16(3)4/h11-12,15-17H,5-10,13-14H2,1-4H3. The van der Waals surface area contributed by atoms with Gasteiger partial charge in [0.25, 0.3) is 0 Å². The van der Waals surface area contributed by atoms with Crippen molar-refractivity contribution < 1.29 is 0 Å². The summed E-state index contributed by atoms with van der Waals surface area (Å²) in [5.41, 5.74) is 1.85. The van der Waals surface area contributed by atoms with Crippen LogP contribution in [0, 0.1) is 5.41 Å². The number of anilines is 1. The molecule has 1 aromatic heterocycles. The van der Waals surface area contributed by atoms with Gasteiger partial charge < -0.3 is 4.90 Å². The van der Waals surface area contributed by atoms with Gasteiger partial charge in [-0.3, -0.25) is 9.80 Å². The summed E-state index contributed by atoms with van der Waals surface area (Å²) in [5, 5.41) is 0. The molecule has 0 bridgehead atoms. The molecule has 0 aromatic carbocycles. The number of hydrogen-bond acceptors (Lipinski definition) is 5. The maximum absolute atomic E-state index is 4.52. The van der Waals surface area contributed by atoms with Crippen molar-refractivity contribution in [2.75, 3.05) is 44.2 Å². The highest BCUT2D eigenvalue weighted by atomic mass is 15.3. The highest BCUT2D eigenvalue weighted by Crippen LogP contribution is 2.50. The summed E-state index contributed by atoms with van der Waals surface area (Å²) in [5.74, 6) is 1.34. The third-order valence-electron chi connectivity index (χ3n) is 6.51. The molecule has 138 valence electrons. The van der Waals surface area contributed by atoms with E-state index >= 15 is 0 Å². The topological polar surface area (TPSA) is 35.5 Å². The number of hydrogen-bond donors (Lipinski definition) is 0. The molecular weight excluding hydrogens is 310 g/mol. The first-order valence-electron chi connectivity index (χ1n) is 10.0. The summed E-state index contributed by atoms with van der Waals surface area (Å²) in [6.45, 7) is 16.2. The third-order valence-corrected chi connectivity index (χ3v) is 6.51. The van der Waals surface area contributed by atoms with Gasteiger partial charge >= 0.3 is 0 Å². The van der Waals surface area contributed by atoms with Crippen molar-refractivity contribution in [2.45, 2.75) is 58.5 Å². The van der Waals surface area contributed by atoms with Crippen LogP contribution in [0.1, 0.15) is 52.3 Å². The van der Waals surface area contributed by atoms with Crippen molar-refractivity contribution in [3.63, 3.8) is 0 Å². The third kappa shape index (κ3) is 3.28. The number of piperazine rings is 1. The second kappa shape index (κ2) is 6.51. The van der Waals surface area contributed by atoms with Crippen molar-refractivity contribution in [3.05, 3.63) is 18.2 Å². The lowest BCUT2D eigenvalue weighted by Crippen LogP contribution is -2.68. The van der Waals surface area contributed by atoms with E-state index in [1.54, 1.807) is 0 Å². The molecule has 25 heavy (non-hydrogen) atoms. The monoisotopic (exact) mass is 343 g/mol. The molecule has 0 radical (unpaired) electrons. The van der Waals surface area contributed by atoms with E-state index in [0.29, 0.717) is 11.3 Å². The number of rotatable bonds is 4. The quantitative estimate of drug-likeness (QED) is 0.840. The highest BCUT2D eigenvalue weighted by Gasteiger charge is 2.54. The molecule has 5 heteroatoms. The Kier molecular flexibility index (Phi) is 4.49.